The number of carbonyl (C=O) groups excluding carboxylic acids is 1. The number of anilines is 1. The lowest BCUT2D eigenvalue weighted by atomic mass is 10.2. The van der Waals surface area contributed by atoms with Gasteiger partial charge in [0.05, 0.1) is 16.8 Å². The Morgan fingerprint density at radius 1 is 1.05 bits per heavy atom. The van der Waals surface area contributed by atoms with E-state index in [2.05, 4.69) is 20.5 Å². The molecule has 4 aromatic rings. The van der Waals surface area contributed by atoms with Crippen LogP contribution in [0.2, 0.25) is 0 Å². The summed E-state index contributed by atoms with van der Waals surface area (Å²) in [6, 6.07) is 14.0. The lowest BCUT2D eigenvalue weighted by Gasteiger charge is -2.17. The molecule has 1 fully saturated rings. The van der Waals surface area contributed by atoms with Crippen molar-refractivity contribution in [1.82, 2.24) is 19.8 Å². The second-order valence-corrected chi connectivity index (χ2v) is 9.34. The maximum atomic E-state index is 13.0. The van der Waals surface area contributed by atoms with Crippen molar-refractivity contribution in [2.24, 2.45) is 0 Å². The molecule has 1 aliphatic rings. The van der Waals surface area contributed by atoms with Crippen LogP contribution >= 0.6 is 0 Å². The van der Waals surface area contributed by atoms with Crippen molar-refractivity contribution in [3.05, 3.63) is 84.3 Å². The van der Waals surface area contributed by atoms with Gasteiger partial charge in [-0.15, -0.1) is 0 Å². The summed E-state index contributed by atoms with van der Waals surface area (Å²) in [4.78, 5) is 19.4. The van der Waals surface area contributed by atoms with Gasteiger partial charge in [0.1, 0.15) is 17.7 Å². The van der Waals surface area contributed by atoms with Gasteiger partial charge in [0.25, 0.3) is 0 Å². The third-order valence-electron chi connectivity index (χ3n) is 6.55. The van der Waals surface area contributed by atoms with Gasteiger partial charge in [-0.1, -0.05) is 6.07 Å². The molecule has 1 amide bonds. The molecule has 11 heteroatoms. The van der Waals surface area contributed by atoms with Gasteiger partial charge in [0, 0.05) is 42.6 Å². The zero-order valence-electron chi connectivity index (χ0n) is 21.0. The second-order valence-electron chi connectivity index (χ2n) is 9.34. The average molecular weight is 540 g/mol. The number of halogens is 3. The first-order chi connectivity index (χ1) is 18.8. The Morgan fingerprint density at radius 2 is 1.85 bits per heavy atom. The lowest BCUT2D eigenvalue weighted by Crippen LogP contribution is -2.32. The zero-order chi connectivity index (χ0) is 27.4. The molecular formula is C28H28F3N5O3. The van der Waals surface area contributed by atoms with Crippen molar-refractivity contribution >= 4 is 22.6 Å². The number of aliphatic hydroxyl groups excluding tert-OH is 1. The van der Waals surface area contributed by atoms with E-state index in [1.807, 2.05) is 0 Å². The molecule has 0 aliphatic carbocycles. The van der Waals surface area contributed by atoms with Crippen LogP contribution in [-0.2, 0) is 6.18 Å². The van der Waals surface area contributed by atoms with Crippen molar-refractivity contribution in [3.63, 3.8) is 0 Å². The van der Waals surface area contributed by atoms with Gasteiger partial charge >= 0.3 is 12.2 Å². The van der Waals surface area contributed by atoms with E-state index in [9.17, 15) is 23.1 Å². The predicted molar refractivity (Wildman–Crippen MR) is 141 cm³/mol. The maximum Gasteiger partial charge on any atom is 0.416 e. The summed E-state index contributed by atoms with van der Waals surface area (Å²) >= 11 is 0. The van der Waals surface area contributed by atoms with Crippen LogP contribution in [-0.4, -0.2) is 51.8 Å². The largest absolute Gasteiger partial charge is 0.457 e. The van der Waals surface area contributed by atoms with Crippen molar-refractivity contribution in [2.75, 3.05) is 31.5 Å². The van der Waals surface area contributed by atoms with Crippen molar-refractivity contribution in [3.8, 4) is 11.5 Å². The van der Waals surface area contributed by atoms with Gasteiger partial charge in [0.15, 0.2) is 0 Å². The minimum Gasteiger partial charge on any atom is -0.457 e. The van der Waals surface area contributed by atoms with Crippen LogP contribution in [0.25, 0.3) is 10.9 Å². The third-order valence-corrected chi connectivity index (χ3v) is 6.55. The molecule has 1 unspecified atom stereocenters. The van der Waals surface area contributed by atoms with Crippen LogP contribution in [0.4, 0.5) is 23.7 Å². The van der Waals surface area contributed by atoms with Gasteiger partial charge in [-0.2, -0.15) is 13.2 Å². The molecule has 5 rings (SSSR count). The number of aromatic nitrogens is 2. The Labute approximate surface area is 223 Å². The van der Waals surface area contributed by atoms with E-state index < -0.39 is 24.0 Å². The van der Waals surface area contributed by atoms with E-state index in [0.29, 0.717) is 34.6 Å². The van der Waals surface area contributed by atoms with Crippen LogP contribution in [0.3, 0.4) is 0 Å². The Kier molecular flexibility index (Phi) is 7.82. The van der Waals surface area contributed by atoms with Crippen LogP contribution < -0.4 is 15.4 Å². The van der Waals surface area contributed by atoms with Crippen LogP contribution in [0.5, 0.6) is 11.5 Å². The topological polar surface area (TPSA) is 91.7 Å². The third kappa shape index (κ3) is 6.56. The molecule has 3 heterocycles. The number of aliphatic hydroxyl groups is 1. The van der Waals surface area contributed by atoms with Crippen molar-refractivity contribution in [1.29, 1.82) is 0 Å². The Bertz CT molecular complexity index is 1450. The maximum absolute atomic E-state index is 13.0. The molecule has 0 saturated carbocycles. The van der Waals surface area contributed by atoms with E-state index >= 15 is 0 Å². The number of rotatable bonds is 8. The number of alkyl halides is 3. The van der Waals surface area contributed by atoms with Crippen molar-refractivity contribution < 1.29 is 27.8 Å². The quantitative estimate of drug-likeness (QED) is 0.253. The summed E-state index contributed by atoms with van der Waals surface area (Å²) < 4.78 is 46.3. The standard InChI is InChI=1S/C28H28F3N5O3/c29-28(30,31)20-4-3-5-21(17-20)34-27(38)36-14-9-19-16-22(6-7-25(19)36)39-23-8-10-32-24(18-23)26(37)33-11-15-35-12-1-2-13-35/h3-10,14,16-18,26,33,37H,1-2,11-13,15H2,(H,34,38). The summed E-state index contributed by atoms with van der Waals surface area (Å²) in [5, 5.41) is 16.8. The van der Waals surface area contributed by atoms with Gasteiger partial charge in [-0.3, -0.25) is 14.9 Å². The van der Waals surface area contributed by atoms with E-state index in [1.54, 1.807) is 42.6 Å². The first-order valence-electron chi connectivity index (χ1n) is 12.6. The Morgan fingerprint density at radius 3 is 2.64 bits per heavy atom. The minimum atomic E-state index is -4.51. The van der Waals surface area contributed by atoms with Gasteiger partial charge in [-0.05, 0) is 74.5 Å². The molecule has 1 atom stereocenters. The van der Waals surface area contributed by atoms with Gasteiger partial charge in [-0.25, -0.2) is 4.79 Å². The molecule has 0 radical (unpaired) electrons. The SMILES string of the molecule is O=C(Nc1cccc(C(F)(F)F)c1)n1ccc2cc(Oc3ccnc(C(O)NCCN4CCCC4)c3)ccc21. The fraction of sp³-hybridized carbons (Fsp3) is 0.286. The lowest BCUT2D eigenvalue weighted by molar-refractivity contribution is -0.137. The highest BCUT2D eigenvalue weighted by atomic mass is 19.4. The summed E-state index contributed by atoms with van der Waals surface area (Å²) in [5.41, 5.74) is 0.189. The molecule has 3 N–H and O–H groups in total. The fourth-order valence-corrected chi connectivity index (χ4v) is 4.57. The predicted octanol–water partition coefficient (Wildman–Crippen LogP) is 5.60. The fourth-order valence-electron chi connectivity index (χ4n) is 4.57. The zero-order valence-corrected chi connectivity index (χ0v) is 21.0. The van der Waals surface area contributed by atoms with Crippen LogP contribution in [0.15, 0.2) is 73.1 Å². The van der Waals surface area contributed by atoms with Crippen molar-refractivity contribution in [2.45, 2.75) is 25.2 Å². The molecule has 8 nitrogen and oxygen atoms in total. The molecule has 2 aromatic heterocycles. The molecule has 1 aliphatic heterocycles. The summed E-state index contributed by atoms with van der Waals surface area (Å²) in [7, 11) is 0. The number of likely N-dealkylation sites (tertiary alicyclic amines) is 1. The first-order valence-corrected chi connectivity index (χ1v) is 12.6. The highest BCUT2D eigenvalue weighted by Gasteiger charge is 2.30. The second kappa shape index (κ2) is 11.4. The molecule has 1 saturated heterocycles. The minimum absolute atomic E-state index is 0.0397. The highest BCUT2D eigenvalue weighted by Crippen LogP contribution is 2.31. The number of pyridine rings is 1. The Balaban J connectivity index is 1.23. The molecular weight excluding hydrogens is 511 g/mol. The monoisotopic (exact) mass is 539 g/mol. The number of nitrogens with one attached hydrogen (secondary N) is 2. The number of ether oxygens (including phenoxy) is 1. The molecule has 2 aromatic carbocycles. The first kappa shape index (κ1) is 26.7. The van der Waals surface area contributed by atoms with E-state index in [0.717, 1.165) is 31.8 Å². The molecule has 204 valence electrons. The number of fused-ring (bicyclic) bond motifs is 1. The smallest absolute Gasteiger partial charge is 0.416 e. The highest BCUT2D eigenvalue weighted by molar-refractivity contribution is 5.98. The van der Waals surface area contributed by atoms with Gasteiger partial charge < -0.3 is 20.1 Å². The number of carbonyl (C=O) groups is 1. The molecule has 0 bridgehead atoms. The normalized spacial score (nSPS) is 15.0. The Hall–Kier alpha value is -3.93. The summed E-state index contributed by atoms with van der Waals surface area (Å²) in [5.74, 6) is 0.994. The number of hydrogen-bond acceptors (Lipinski definition) is 6. The molecule has 0 spiro atoms. The number of benzene rings is 2. The van der Waals surface area contributed by atoms with Crippen LogP contribution in [0, 0.1) is 0 Å². The summed E-state index contributed by atoms with van der Waals surface area (Å²) in [6.07, 6.45) is 0.0902. The van der Waals surface area contributed by atoms with Crippen LogP contribution in [0.1, 0.15) is 30.3 Å². The van der Waals surface area contributed by atoms with E-state index in [1.165, 1.54) is 35.7 Å². The average Bonchev–Trinajstić information content (AvgIpc) is 3.58. The summed E-state index contributed by atoms with van der Waals surface area (Å²) in [6.45, 7) is 3.69. The number of hydrogen-bond donors (Lipinski definition) is 3. The van der Waals surface area contributed by atoms with Gasteiger partial charge in [0.2, 0.25) is 0 Å². The number of amides is 1. The number of nitrogens with zero attached hydrogens (tertiary/aromatic N) is 3. The van der Waals surface area contributed by atoms with E-state index in [4.69, 9.17) is 4.74 Å². The molecule has 39 heavy (non-hydrogen) atoms. The van der Waals surface area contributed by atoms with E-state index in [-0.39, 0.29) is 5.69 Å².